The van der Waals surface area contributed by atoms with Crippen LogP contribution < -0.4 is 0 Å². The predicted molar refractivity (Wildman–Crippen MR) is 72.1 cm³/mol. The zero-order valence-electron chi connectivity index (χ0n) is 10.5. The number of carbonyl (C=O) groups is 2. The van der Waals surface area contributed by atoms with Gasteiger partial charge in [0.25, 0.3) is 0 Å². The van der Waals surface area contributed by atoms with E-state index in [-0.39, 0.29) is 25.0 Å². The van der Waals surface area contributed by atoms with E-state index in [0.717, 1.165) is 5.56 Å². The Labute approximate surface area is 112 Å². The highest BCUT2D eigenvalue weighted by Crippen LogP contribution is 2.41. The summed E-state index contributed by atoms with van der Waals surface area (Å²) in [5.74, 6) is 0.837. The van der Waals surface area contributed by atoms with Crippen molar-refractivity contribution in [2.75, 3.05) is 20.1 Å². The van der Waals surface area contributed by atoms with Crippen LogP contribution in [0.25, 0.3) is 6.08 Å². The van der Waals surface area contributed by atoms with E-state index >= 15 is 0 Å². The van der Waals surface area contributed by atoms with Crippen molar-refractivity contribution in [2.45, 2.75) is 0 Å². The smallest absolute Gasteiger partial charge is 0.325 e. The van der Waals surface area contributed by atoms with E-state index in [4.69, 9.17) is 9.05 Å². The van der Waals surface area contributed by atoms with Gasteiger partial charge in [-0.3, -0.25) is 14.5 Å². The quantitative estimate of drug-likeness (QED) is 0.775. The summed E-state index contributed by atoms with van der Waals surface area (Å²) in [5, 5.41) is 0. The fraction of sp³-hybridized carbons (Fsp3) is 0.231. The number of nitrogens with zero attached hydrogens (tertiary/aromatic N) is 1. The van der Waals surface area contributed by atoms with Crippen LogP contribution in [0, 0.1) is 0 Å². The molecule has 1 aromatic rings. The summed E-state index contributed by atoms with van der Waals surface area (Å²) in [6, 6.07) is 9.53. The molecule has 1 saturated heterocycles. The number of hydrogen-bond donors (Lipinski definition) is 0. The molecule has 0 amide bonds. The van der Waals surface area contributed by atoms with Crippen molar-refractivity contribution < 1.29 is 18.6 Å². The highest BCUT2D eigenvalue weighted by Gasteiger charge is 2.24. The molecular formula is C13H14NO4P. The highest BCUT2D eigenvalue weighted by molar-refractivity contribution is 7.52. The minimum Gasteiger partial charge on any atom is -0.402 e. The van der Waals surface area contributed by atoms with Crippen LogP contribution in [0.3, 0.4) is 0 Å². The molecule has 0 atom stereocenters. The lowest BCUT2D eigenvalue weighted by molar-refractivity contribution is -0.142. The molecule has 0 unspecified atom stereocenters. The van der Waals surface area contributed by atoms with Crippen molar-refractivity contribution in [1.82, 2.24) is 4.90 Å². The monoisotopic (exact) mass is 279 g/mol. The molecule has 0 saturated carbocycles. The second-order valence-electron chi connectivity index (χ2n) is 4.11. The number of likely N-dealkylation sites (N-methyl/N-ethyl adjacent to an activating group) is 1. The first-order valence-electron chi connectivity index (χ1n) is 5.76. The Kier molecular flexibility index (Phi) is 4.66. The van der Waals surface area contributed by atoms with Crippen LogP contribution in [-0.2, 0) is 18.6 Å². The summed E-state index contributed by atoms with van der Waals surface area (Å²) in [7, 11) is 0.0195. The molecule has 5 nitrogen and oxygen atoms in total. The molecule has 0 radical (unpaired) electrons. The first-order chi connectivity index (χ1) is 9.13. The molecule has 0 aliphatic carbocycles. The molecule has 1 aliphatic heterocycles. The van der Waals surface area contributed by atoms with E-state index < -0.39 is 8.38 Å². The van der Waals surface area contributed by atoms with Gasteiger partial charge in [0.15, 0.2) is 0 Å². The SMILES string of the molecule is CN1CC(=O)OP(/C=C/c2ccccc2)OC(=O)C1. The summed E-state index contributed by atoms with van der Waals surface area (Å²) < 4.78 is 10.2. The maximum Gasteiger partial charge on any atom is 0.325 e. The molecule has 19 heavy (non-hydrogen) atoms. The van der Waals surface area contributed by atoms with Crippen LogP contribution >= 0.6 is 8.38 Å². The predicted octanol–water partition coefficient (Wildman–Crippen LogP) is 2.00. The molecule has 0 spiro atoms. The summed E-state index contributed by atoms with van der Waals surface area (Å²) >= 11 is 0. The molecule has 6 heteroatoms. The molecule has 1 aromatic carbocycles. The third-order valence-electron chi connectivity index (χ3n) is 2.37. The summed E-state index contributed by atoms with van der Waals surface area (Å²) in [6.07, 6.45) is 1.78. The van der Waals surface area contributed by atoms with Gasteiger partial charge in [0.2, 0.25) is 0 Å². The van der Waals surface area contributed by atoms with Gasteiger partial charge < -0.3 is 9.05 Å². The first-order valence-corrected chi connectivity index (χ1v) is 7.01. The Bertz CT molecular complexity index is 469. The third kappa shape index (κ3) is 4.47. The third-order valence-corrected chi connectivity index (χ3v) is 3.53. The Morgan fingerprint density at radius 2 is 1.68 bits per heavy atom. The van der Waals surface area contributed by atoms with Crippen molar-refractivity contribution in [3.63, 3.8) is 0 Å². The Hall–Kier alpha value is -1.71. The second kappa shape index (κ2) is 6.45. The lowest BCUT2D eigenvalue weighted by Crippen LogP contribution is -2.34. The van der Waals surface area contributed by atoms with Gasteiger partial charge in [-0.25, -0.2) is 0 Å². The molecule has 1 fully saturated rings. The molecule has 1 heterocycles. The lowest BCUT2D eigenvalue weighted by Gasteiger charge is -2.21. The first kappa shape index (κ1) is 13.7. The van der Waals surface area contributed by atoms with E-state index in [2.05, 4.69) is 0 Å². The lowest BCUT2D eigenvalue weighted by atomic mass is 10.2. The van der Waals surface area contributed by atoms with Crippen molar-refractivity contribution >= 4 is 26.4 Å². The van der Waals surface area contributed by atoms with Crippen molar-refractivity contribution in [3.05, 3.63) is 41.7 Å². The van der Waals surface area contributed by atoms with Crippen molar-refractivity contribution in [2.24, 2.45) is 0 Å². The normalized spacial score (nSPS) is 18.8. The zero-order valence-corrected chi connectivity index (χ0v) is 11.4. The summed E-state index contributed by atoms with van der Waals surface area (Å²) in [5.41, 5.74) is 0.955. The van der Waals surface area contributed by atoms with Gasteiger partial charge in [0, 0.05) is 5.82 Å². The van der Waals surface area contributed by atoms with Gasteiger partial charge in [-0.05, 0) is 18.7 Å². The summed E-state index contributed by atoms with van der Waals surface area (Å²) in [6.45, 7) is 0.181. The average molecular weight is 279 g/mol. The zero-order chi connectivity index (χ0) is 13.7. The van der Waals surface area contributed by atoms with Crippen molar-refractivity contribution in [3.8, 4) is 0 Å². The molecule has 1 aliphatic rings. The van der Waals surface area contributed by atoms with E-state index in [0.29, 0.717) is 0 Å². The van der Waals surface area contributed by atoms with E-state index in [1.54, 1.807) is 23.8 Å². The summed E-state index contributed by atoms with van der Waals surface area (Å²) in [4.78, 5) is 24.6. The van der Waals surface area contributed by atoms with E-state index in [1.807, 2.05) is 30.3 Å². The Morgan fingerprint density at radius 1 is 1.11 bits per heavy atom. The molecule has 2 rings (SSSR count). The molecule has 0 aromatic heterocycles. The number of benzene rings is 1. The number of carbonyl (C=O) groups excluding carboxylic acids is 2. The van der Waals surface area contributed by atoms with Crippen LogP contribution in [0.5, 0.6) is 0 Å². The fourth-order valence-electron chi connectivity index (χ4n) is 1.55. The van der Waals surface area contributed by atoms with Gasteiger partial charge in [0.05, 0.1) is 13.1 Å². The van der Waals surface area contributed by atoms with Gasteiger partial charge in [-0.15, -0.1) is 0 Å². The van der Waals surface area contributed by atoms with Crippen LogP contribution in [0.1, 0.15) is 5.56 Å². The number of hydrogen-bond acceptors (Lipinski definition) is 5. The van der Waals surface area contributed by atoms with E-state index in [9.17, 15) is 9.59 Å². The minimum absolute atomic E-state index is 0.0904. The minimum atomic E-state index is -1.64. The average Bonchev–Trinajstić information content (AvgIpc) is 2.35. The van der Waals surface area contributed by atoms with Gasteiger partial charge in [0.1, 0.15) is 0 Å². The maximum absolute atomic E-state index is 11.5. The molecule has 0 N–H and O–H groups in total. The fourth-order valence-corrected chi connectivity index (χ4v) is 2.52. The molecule has 0 bridgehead atoms. The number of rotatable bonds is 2. The second-order valence-corrected chi connectivity index (χ2v) is 5.34. The largest absolute Gasteiger partial charge is 0.402 e. The van der Waals surface area contributed by atoms with Crippen LogP contribution in [0.15, 0.2) is 36.1 Å². The highest BCUT2D eigenvalue weighted by atomic mass is 31.2. The van der Waals surface area contributed by atoms with Gasteiger partial charge in [-0.1, -0.05) is 30.3 Å². The Balaban J connectivity index is 2.04. The van der Waals surface area contributed by atoms with Crippen molar-refractivity contribution in [1.29, 1.82) is 0 Å². The topological polar surface area (TPSA) is 55.8 Å². The van der Waals surface area contributed by atoms with E-state index in [1.165, 1.54) is 0 Å². The molecule has 100 valence electrons. The standard InChI is InChI=1S/C13H14NO4P/c1-14-9-12(15)17-19(18-13(16)10-14)8-7-11-5-3-2-4-6-11/h2-8H,9-10H2,1H3/b8-7+. The van der Waals surface area contributed by atoms with Crippen LogP contribution in [0.2, 0.25) is 0 Å². The van der Waals surface area contributed by atoms with Gasteiger partial charge in [-0.2, -0.15) is 0 Å². The van der Waals surface area contributed by atoms with Gasteiger partial charge >= 0.3 is 20.3 Å². The maximum atomic E-state index is 11.5. The Morgan fingerprint density at radius 3 is 2.26 bits per heavy atom. The van der Waals surface area contributed by atoms with Crippen LogP contribution in [0.4, 0.5) is 0 Å². The molecular weight excluding hydrogens is 265 g/mol. The van der Waals surface area contributed by atoms with Crippen LogP contribution in [-0.4, -0.2) is 37.0 Å².